The molecule has 0 spiro atoms. The number of hydrogen-bond acceptors (Lipinski definition) is 6. The highest BCUT2D eigenvalue weighted by atomic mass is 31.2. The second-order valence-corrected chi connectivity index (χ2v) is 11.5. The molecular weight excluding hydrogens is 557 g/mol. The van der Waals surface area contributed by atoms with Gasteiger partial charge in [-0.3, -0.25) is 14.6 Å². The van der Waals surface area contributed by atoms with Crippen LogP contribution in [0.5, 0.6) is 0 Å². The summed E-state index contributed by atoms with van der Waals surface area (Å²) in [6.07, 6.45) is 3.10. The molecule has 2 aromatic carbocycles. The molecule has 0 unspecified atom stereocenters. The Labute approximate surface area is 248 Å². The molecule has 11 nitrogen and oxygen atoms in total. The molecule has 230 valence electrons. The fourth-order valence-corrected chi connectivity index (χ4v) is 4.50. The van der Waals surface area contributed by atoms with Gasteiger partial charge in [-0.15, -0.1) is 0 Å². The standard InChI is InChI=1S/C25H32N4O3.C4H10.CH2NO3P/c30-24(23-7-6-21-8-11-29(25(31)32)12-9-22(21)18-23)26-10-13-27-14-16-28(17-15-27)19-20-4-2-1-3-5-20;1-3-4-2;2-1-6(3,4)5/h1-7,18H,8-17,19H2,(H,26,30)(H,31,32);3-4H2,1-2H3;(H2,3,4,5). The van der Waals surface area contributed by atoms with Crippen molar-refractivity contribution in [2.45, 2.75) is 46.1 Å². The molecule has 12 heteroatoms. The minimum absolute atomic E-state index is 0.0603. The number of rotatable bonds is 7. The van der Waals surface area contributed by atoms with Crippen LogP contribution in [0.2, 0.25) is 0 Å². The Kier molecular flexibility index (Phi) is 15.2. The molecule has 1 fully saturated rings. The minimum atomic E-state index is -4.34. The summed E-state index contributed by atoms with van der Waals surface area (Å²) in [4.78, 5) is 45.4. The monoisotopic (exact) mass is 601 g/mol. The van der Waals surface area contributed by atoms with Crippen molar-refractivity contribution in [3.63, 3.8) is 0 Å². The maximum Gasteiger partial charge on any atom is 0.426 e. The van der Waals surface area contributed by atoms with Crippen molar-refractivity contribution in [2.24, 2.45) is 0 Å². The lowest BCUT2D eigenvalue weighted by Crippen LogP contribution is -2.48. The number of nitrogens with zero attached hydrogens (tertiary/aromatic N) is 4. The zero-order valence-corrected chi connectivity index (χ0v) is 25.5. The van der Waals surface area contributed by atoms with Gasteiger partial charge in [-0.25, -0.2) is 9.36 Å². The number of carbonyl (C=O) groups is 2. The van der Waals surface area contributed by atoms with Gasteiger partial charge in [0, 0.05) is 64.5 Å². The third kappa shape index (κ3) is 13.1. The number of benzene rings is 2. The average molecular weight is 602 g/mol. The molecule has 0 bridgehead atoms. The zero-order chi connectivity index (χ0) is 31.0. The predicted octanol–water partition coefficient (Wildman–Crippen LogP) is 3.76. The van der Waals surface area contributed by atoms with Crippen LogP contribution in [0, 0.1) is 11.1 Å². The summed E-state index contributed by atoms with van der Waals surface area (Å²) in [5, 5.41) is 19.7. The van der Waals surface area contributed by atoms with Gasteiger partial charge in [0.25, 0.3) is 5.91 Å². The predicted molar refractivity (Wildman–Crippen MR) is 162 cm³/mol. The van der Waals surface area contributed by atoms with E-state index in [9.17, 15) is 19.3 Å². The highest BCUT2D eigenvalue weighted by molar-refractivity contribution is 7.57. The topological polar surface area (TPSA) is 157 Å². The molecule has 2 heterocycles. The molecule has 0 atom stereocenters. The van der Waals surface area contributed by atoms with Crippen molar-refractivity contribution in [2.75, 3.05) is 52.4 Å². The molecule has 2 aliphatic rings. The number of nitrogens with one attached hydrogen (secondary N) is 1. The lowest BCUT2D eigenvalue weighted by molar-refractivity contribution is 0.0933. The SMILES string of the molecule is CCCC.N#CP(=O)(O)O.O=C(NCCN1CCN(Cc2ccccc2)CC1)c1ccc2c(c1)CCN(C(=O)O)CC2. The Morgan fingerprint density at radius 3 is 2.02 bits per heavy atom. The Morgan fingerprint density at radius 1 is 0.905 bits per heavy atom. The normalized spacial score (nSPS) is 15.5. The van der Waals surface area contributed by atoms with Crippen molar-refractivity contribution < 1.29 is 29.0 Å². The third-order valence-corrected chi connectivity index (χ3v) is 7.36. The number of carboxylic acid groups (broad SMARTS) is 1. The first kappa shape index (κ1) is 34.9. The second kappa shape index (κ2) is 18.3. The number of piperazine rings is 1. The fraction of sp³-hybridized carbons (Fsp3) is 0.500. The van der Waals surface area contributed by atoms with E-state index < -0.39 is 13.7 Å². The molecule has 2 aliphatic heterocycles. The van der Waals surface area contributed by atoms with Gasteiger partial charge in [0.15, 0.2) is 5.81 Å². The van der Waals surface area contributed by atoms with Crippen LogP contribution < -0.4 is 5.32 Å². The summed E-state index contributed by atoms with van der Waals surface area (Å²) in [6, 6.07) is 16.3. The van der Waals surface area contributed by atoms with E-state index in [0.717, 1.165) is 56.2 Å². The van der Waals surface area contributed by atoms with Crippen LogP contribution in [0.15, 0.2) is 48.5 Å². The molecule has 0 aromatic heterocycles. The van der Waals surface area contributed by atoms with E-state index in [-0.39, 0.29) is 5.91 Å². The van der Waals surface area contributed by atoms with Crippen LogP contribution in [-0.4, -0.2) is 94.0 Å². The number of nitriles is 1. The molecule has 0 saturated carbocycles. The summed E-state index contributed by atoms with van der Waals surface area (Å²) in [5.74, 6) is 0.711. The summed E-state index contributed by atoms with van der Waals surface area (Å²) in [6.45, 7) is 11.9. The Balaban J connectivity index is 0.000000533. The molecule has 2 aromatic rings. The summed E-state index contributed by atoms with van der Waals surface area (Å²) in [5.41, 5.74) is 4.22. The van der Waals surface area contributed by atoms with Gasteiger partial charge in [0.2, 0.25) is 0 Å². The number of carbonyl (C=O) groups excluding carboxylic acids is 1. The van der Waals surface area contributed by atoms with Crippen LogP contribution in [-0.2, 0) is 24.0 Å². The van der Waals surface area contributed by atoms with Crippen LogP contribution in [0.3, 0.4) is 0 Å². The minimum Gasteiger partial charge on any atom is -0.465 e. The van der Waals surface area contributed by atoms with E-state index in [4.69, 9.17) is 15.0 Å². The van der Waals surface area contributed by atoms with Gasteiger partial charge in [0.05, 0.1) is 0 Å². The van der Waals surface area contributed by atoms with Crippen LogP contribution in [0.1, 0.15) is 53.7 Å². The number of unbranched alkanes of at least 4 members (excludes halogenated alkanes) is 1. The van der Waals surface area contributed by atoms with Crippen LogP contribution in [0.25, 0.3) is 0 Å². The molecule has 2 amide bonds. The summed E-state index contributed by atoms with van der Waals surface area (Å²) < 4.78 is 9.33. The van der Waals surface area contributed by atoms with E-state index in [1.165, 1.54) is 23.3 Å². The molecule has 1 saturated heterocycles. The Bertz CT molecular complexity index is 1210. The van der Waals surface area contributed by atoms with Gasteiger partial charge in [-0.2, -0.15) is 5.26 Å². The van der Waals surface area contributed by atoms with E-state index in [0.29, 0.717) is 38.0 Å². The van der Waals surface area contributed by atoms with Crippen LogP contribution >= 0.6 is 7.60 Å². The number of amides is 2. The second-order valence-electron chi connectivity index (χ2n) is 10.3. The first-order valence-corrected chi connectivity index (χ1v) is 16.0. The van der Waals surface area contributed by atoms with Crippen molar-refractivity contribution in [1.82, 2.24) is 20.0 Å². The van der Waals surface area contributed by atoms with Gasteiger partial charge in [-0.1, -0.05) is 63.1 Å². The van der Waals surface area contributed by atoms with Crippen molar-refractivity contribution in [3.05, 3.63) is 70.8 Å². The number of fused-ring (bicyclic) bond motifs is 1. The van der Waals surface area contributed by atoms with Gasteiger partial charge >= 0.3 is 13.7 Å². The molecule has 4 N–H and O–H groups in total. The molecule has 0 radical (unpaired) electrons. The third-order valence-electron chi connectivity index (χ3n) is 7.10. The van der Waals surface area contributed by atoms with Crippen LogP contribution in [0.4, 0.5) is 4.79 Å². The summed E-state index contributed by atoms with van der Waals surface area (Å²) in [7, 11) is -4.34. The van der Waals surface area contributed by atoms with Crippen molar-refractivity contribution >= 4 is 19.6 Å². The van der Waals surface area contributed by atoms with E-state index in [2.05, 4.69) is 53.2 Å². The smallest absolute Gasteiger partial charge is 0.426 e. The highest BCUT2D eigenvalue weighted by Crippen LogP contribution is 2.31. The molecule has 4 rings (SSSR count). The largest absolute Gasteiger partial charge is 0.465 e. The maximum atomic E-state index is 12.6. The first-order chi connectivity index (χ1) is 20.1. The molecule has 42 heavy (non-hydrogen) atoms. The Hall–Kier alpha value is -3.26. The Morgan fingerprint density at radius 2 is 1.48 bits per heavy atom. The zero-order valence-electron chi connectivity index (χ0n) is 24.6. The van der Waals surface area contributed by atoms with E-state index >= 15 is 0 Å². The maximum absolute atomic E-state index is 12.6. The van der Waals surface area contributed by atoms with Gasteiger partial charge in [0.1, 0.15) is 0 Å². The average Bonchev–Trinajstić information content (AvgIpc) is 3.21. The number of hydrogen-bond donors (Lipinski definition) is 4. The van der Waals surface area contributed by atoms with E-state index in [1.54, 1.807) is 0 Å². The van der Waals surface area contributed by atoms with Crippen molar-refractivity contribution in [3.8, 4) is 5.81 Å². The quantitative estimate of drug-likeness (QED) is 0.347. The summed E-state index contributed by atoms with van der Waals surface area (Å²) >= 11 is 0. The van der Waals surface area contributed by atoms with Gasteiger partial charge < -0.3 is 25.1 Å². The van der Waals surface area contributed by atoms with E-state index in [1.807, 2.05) is 24.3 Å². The highest BCUT2D eigenvalue weighted by Gasteiger charge is 2.20. The van der Waals surface area contributed by atoms with Gasteiger partial charge in [-0.05, 0) is 41.7 Å². The van der Waals surface area contributed by atoms with Crippen molar-refractivity contribution in [1.29, 1.82) is 5.26 Å². The fourth-order valence-electron chi connectivity index (χ4n) is 4.50. The molecular formula is C30H44N5O6P. The lowest BCUT2D eigenvalue weighted by atomic mass is 10.00. The first-order valence-electron chi connectivity index (χ1n) is 14.4. The lowest BCUT2D eigenvalue weighted by Gasteiger charge is -2.34. The molecule has 0 aliphatic carbocycles.